The van der Waals surface area contributed by atoms with Gasteiger partial charge in [-0.05, 0) is 31.4 Å². The van der Waals surface area contributed by atoms with Gasteiger partial charge in [0.05, 0.1) is 4.92 Å². The number of nitro groups is 1. The van der Waals surface area contributed by atoms with Crippen molar-refractivity contribution in [3.63, 3.8) is 0 Å². The molecule has 0 aromatic heterocycles. The summed E-state index contributed by atoms with van der Waals surface area (Å²) in [7, 11) is 0. The van der Waals surface area contributed by atoms with Crippen molar-refractivity contribution in [1.82, 2.24) is 10.2 Å². The van der Waals surface area contributed by atoms with Crippen LogP contribution >= 0.6 is 0 Å². The fourth-order valence-corrected chi connectivity index (χ4v) is 3.33. The van der Waals surface area contributed by atoms with E-state index in [1.165, 1.54) is 29.3 Å². The van der Waals surface area contributed by atoms with Gasteiger partial charge in [-0.1, -0.05) is 35.9 Å². The van der Waals surface area contributed by atoms with Crippen molar-refractivity contribution in [2.75, 3.05) is 13.1 Å². The molecule has 3 rings (SSSR count). The van der Waals surface area contributed by atoms with Gasteiger partial charge in [-0.15, -0.1) is 0 Å². The lowest BCUT2D eigenvalue weighted by Crippen LogP contribution is -2.44. The lowest BCUT2D eigenvalue weighted by atomic mass is 10.0. The van der Waals surface area contributed by atoms with Crippen molar-refractivity contribution in [2.45, 2.75) is 32.4 Å². The smallest absolute Gasteiger partial charge is 0.270 e. The third-order valence-electron chi connectivity index (χ3n) is 4.73. The quantitative estimate of drug-likeness (QED) is 0.661. The molecule has 0 spiro atoms. The van der Waals surface area contributed by atoms with Gasteiger partial charge in [-0.25, -0.2) is 0 Å². The molecule has 6 nitrogen and oxygen atoms in total. The van der Waals surface area contributed by atoms with Crippen LogP contribution in [-0.4, -0.2) is 34.9 Å². The van der Waals surface area contributed by atoms with E-state index < -0.39 is 4.92 Å². The van der Waals surface area contributed by atoms with E-state index in [4.69, 9.17) is 0 Å². The summed E-state index contributed by atoms with van der Waals surface area (Å²) >= 11 is 0. The Morgan fingerprint density at radius 1 is 1.19 bits per heavy atom. The highest BCUT2D eigenvalue weighted by Crippen LogP contribution is 2.17. The average molecular weight is 353 g/mol. The van der Waals surface area contributed by atoms with Gasteiger partial charge in [0.1, 0.15) is 0 Å². The predicted molar refractivity (Wildman–Crippen MR) is 100 cm³/mol. The zero-order valence-corrected chi connectivity index (χ0v) is 14.9. The SMILES string of the molecule is Cc1cccc(CN2CCC(NC(=O)c3cccc([N+](=O)[O-])c3)CC2)c1. The number of non-ortho nitro benzene ring substituents is 1. The molecular formula is C20H23N3O3. The van der Waals surface area contributed by atoms with Crippen LogP contribution in [0.1, 0.15) is 34.3 Å². The van der Waals surface area contributed by atoms with E-state index >= 15 is 0 Å². The Bertz CT molecular complexity index is 798. The van der Waals surface area contributed by atoms with Crippen LogP contribution in [0, 0.1) is 17.0 Å². The number of nitrogens with zero attached hydrogens (tertiary/aromatic N) is 2. The summed E-state index contributed by atoms with van der Waals surface area (Å²) < 4.78 is 0. The molecule has 0 saturated carbocycles. The lowest BCUT2D eigenvalue weighted by molar-refractivity contribution is -0.384. The highest BCUT2D eigenvalue weighted by atomic mass is 16.6. The van der Waals surface area contributed by atoms with E-state index in [2.05, 4.69) is 41.4 Å². The molecule has 1 amide bonds. The Hall–Kier alpha value is -2.73. The second-order valence-corrected chi connectivity index (χ2v) is 6.82. The highest BCUT2D eigenvalue weighted by molar-refractivity contribution is 5.95. The number of piperidine rings is 1. The van der Waals surface area contributed by atoms with Crippen molar-refractivity contribution >= 4 is 11.6 Å². The first-order chi connectivity index (χ1) is 12.5. The lowest BCUT2D eigenvalue weighted by Gasteiger charge is -2.32. The van der Waals surface area contributed by atoms with Crippen LogP contribution in [0.25, 0.3) is 0 Å². The summed E-state index contributed by atoms with van der Waals surface area (Å²) in [4.78, 5) is 25.1. The van der Waals surface area contributed by atoms with Crippen LogP contribution in [0.2, 0.25) is 0 Å². The van der Waals surface area contributed by atoms with Gasteiger partial charge >= 0.3 is 0 Å². The maximum Gasteiger partial charge on any atom is 0.270 e. The van der Waals surface area contributed by atoms with Gasteiger partial charge in [0.25, 0.3) is 11.6 Å². The molecule has 26 heavy (non-hydrogen) atoms. The van der Waals surface area contributed by atoms with Gasteiger partial charge in [0.15, 0.2) is 0 Å². The summed E-state index contributed by atoms with van der Waals surface area (Å²) in [5.74, 6) is -0.245. The van der Waals surface area contributed by atoms with E-state index in [1.54, 1.807) is 6.07 Å². The summed E-state index contributed by atoms with van der Waals surface area (Å²) in [6.07, 6.45) is 1.76. The number of carbonyl (C=O) groups is 1. The van der Waals surface area contributed by atoms with E-state index in [1.807, 2.05) is 0 Å². The molecule has 6 heteroatoms. The van der Waals surface area contributed by atoms with Crippen LogP contribution in [0.4, 0.5) is 5.69 Å². The van der Waals surface area contributed by atoms with Crippen LogP contribution in [0.3, 0.4) is 0 Å². The Balaban J connectivity index is 1.51. The molecule has 1 N–H and O–H groups in total. The third-order valence-corrected chi connectivity index (χ3v) is 4.73. The Morgan fingerprint density at radius 2 is 1.92 bits per heavy atom. The maximum absolute atomic E-state index is 12.4. The zero-order chi connectivity index (χ0) is 18.5. The van der Waals surface area contributed by atoms with Crippen LogP contribution in [0.15, 0.2) is 48.5 Å². The summed E-state index contributed by atoms with van der Waals surface area (Å²) in [6.45, 7) is 4.87. The van der Waals surface area contributed by atoms with Crippen molar-refractivity contribution in [3.05, 3.63) is 75.3 Å². The molecule has 0 bridgehead atoms. The molecule has 1 fully saturated rings. The number of hydrogen-bond donors (Lipinski definition) is 1. The number of amides is 1. The van der Waals surface area contributed by atoms with Gasteiger partial charge in [-0.3, -0.25) is 19.8 Å². The number of aryl methyl sites for hydroxylation is 1. The van der Waals surface area contributed by atoms with Crippen molar-refractivity contribution in [1.29, 1.82) is 0 Å². The fraction of sp³-hybridized carbons (Fsp3) is 0.350. The molecule has 1 saturated heterocycles. The van der Waals surface area contributed by atoms with Crippen molar-refractivity contribution < 1.29 is 9.72 Å². The molecule has 1 aliphatic heterocycles. The topological polar surface area (TPSA) is 75.5 Å². The Morgan fingerprint density at radius 3 is 2.62 bits per heavy atom. The minimum absolute atomic E-state index is 0.0642. The van der Waals surface area contributed by atoms with E-state index in [-0.39, 0.29) is 17.6 Å². The number of likely N-dealkylation sites (tertiary alicyclic amines) is 1. The van der Waals surface area contributed by atoms with Crippen LogP contribution in [-0.2, 0) is 6.54 Å². The summed E-state index contributed by atoms with van der Waals surface area (Å²) in [5.41, 5.74) is 2.85. The Labute approximate surface area is 153 Å². The summed E-state index contributed by atoms with van der Waals surface area (Å²) in [5, 5.41) is 13.8. The first-order valence-electron chi connectivity index (χ1n) is 8.84. The molecule has 1 heterocycles. The molecule has 0 unspecified atom stereocenters. The largest absolute Gasteiger partial charge is 0.349 e. The number of nitrogens with one attached hydrogen (secondary N) is 1. The molecular weight excluding hydrogens is 330 g/mol. The third kappa shape index (κ3) is 4.67. The minimum atomic E-state index is -0.486. The van der Waals surface area contributed by atoms with Gasteiger partial charge in [-0.2, -0.15) is 0 Å². The molecule has 2 aromatic rings. The standard InChI is InChI=1S/C20H23N3O3/c1-15-4-2-5-16(12-15)14-22-10-8-18(9-11-22)21-20(24)17-6-3-7-19(13-17)23(25)26/h2-7,12-13,18H,8-11,14H2,1H3,(H,21,24). The number of hydrogen-bond acceptors (Lipinski definition) is 4. The maximum atomic E-state index is 12.4. The molecule has 1 aliphatic rings. The van der Waals surface area contributed by atoms with Crippen molar-refractivity contribution in [3.8, 4) is 0 Å². The number of benzene rings is 2. The molecule has 2 aromatic carbocycles. The predicted octanol–water partition coefficient (Wildman–Crippen LogP) is 3.30. The second-order valence-electron chi connectivity index (χ2n) is 6.82. The normalized spacial score (nSPS) is 15.6. The van der Waals surface area contributed by atoms with E-state index in [0.717, 1.165) is 32.5 Å². The number of nitro benzene ring substituents is 1. The van der Waals surface area contributed by atoms with Gasteiger partial charge in [0, 0.05) is 43.4 Å². The average Bonchev–Trinajstić information content (AvgIpc) is 2.63. The first-order valence-corrected chi connectivity index (χ1v) is 8.84. The highest BCUT2D eigenvalue weighted by Gasteiger charge is 2.22. The van der Waals surface area contributed by atoms with E-state index in [0.29, 0.717) is 5.56 Å². The zero-order valence-electron chi connectivity index (χ0n) is 14.9. The minimum Gasteiger partial charge on any atom is -0.349 e. The number of rotatable bonds is 5. The fourth-order valence-electron chi connectivity index (χ4n) is 3.33. The molecule has 0 aliphatic carbocycles. The second kappa shape index (κ2) is 8.10. The van der Waals surface area contributed by atoms with Crippen LogP contribution in [0.5, 0.6) is 0 Å². The first kappa shape index (κ1) is 18.1. The van der Waals surface area contributed by atoms with E-state index in [9.17, 15) is 14.9 Å². The Kier molecular flexibility index (Phi) is 5.63. The van der Waals surface area contributed by atoms with Gasteiger partial charge < -0.3 is 5.32 Å². The van der Waals surface area contributed by atoms with Gasteiger partial charge in [0.2, 0.25) is 0 Å². The van der Waals surface area contributed by atoms with Crippen molar-refractivity contribution in [2.24, 2.45) is 0 Å². The molecule has 0 radical (unpaired) electrons. The molecule has 136 valence electrons. The molecule has 0 atom stereocenters. The van der Waals surface area contributed by atoms with Crippen LogP contribution < -0.4 is 5.32 Å². The summed E-state index contributed by atoms with van der Waals surface area (Å²) in [6, 6.07) is 14.5. The number of carbonyl (C=O) groups excluding carboxylic acids is 1. The monoisotopic (exact) mass is 353 g/mol.